The quantitative estimate of drug-likeness (QED) is 0.121. The molecule has 62 heavy (non-hydrogen) atoms. The van der Waals surface area contributed by atoms with Crippen LogP contribution < -0.4 is 24.8 Å². The predicted octanol–water partition coefficient (Wildman–Crippen LogP) is 5.11. The minimum Gasteiger partial charge on any atom is -0.497 e. The van der Waals surface area contributed by atoms with Crippen molar-refractivity contribution in [3.8, 4) is 22.8 Å². The topological polar surface area (TPSA) is 182 Å². The lowest BCUT2D eigenvalue weighted by Gasteiger charge is -2.35. The molecule has 3 aliphatic rings. The molecular formula is C47H55N5O9S. The largest absolute Gasteiger partial charge is 0.497 e. The minimum absolute atomic E-state index is 0.0155. The molecule has 0 unspecified atom stereocenters. The number of aromatic nitrogens is 1. The molecule has 1 aliphatic heterocycles. The summed E-state index contributed by atoms with van der Waals surface area (Å²) in [7, 11) is -1.12. The van der Waals surface area contributed by atoms with Gasteiger partial charge in [-0.1, -0.05) is 87.5 Å². The fourth-order valence-corrected chi connectivity index (χ4v) is 9.90. The number of methoxy groups -OCH3 is 2. The van der Waals surface area contributed by atoms with Gasteiger partial charge in [-0.05, 0) is 48.8 Å². The van der Waals surface area contributed by atoms with Crippen LogP contribution in [0.4, 0.5) is 0 Å². The van der Waals surface area contributed by atoms with Gasteiger partial charge in [-0.15, -0.1) is 6.58 Å². The average Bonchev–Trinajstić information content (AvgIpc) is 4.16. The van der Waals surface area contributed by atoms with E-state index in [4.69, 9.17) is 19.2 Å². The van der Waals surface area contributed by atoms with Gasteiger partial charge in [0.05, 0.1) is 36.2 Å². The molecule has 4 amide bonds. The molecule has 14 nitrogen and oxygen atoms in total. The lowest BCUT2D eigenvalue weighted by molar-refractivity contribution is -0.144. The van der Waals surface area contributed by atoms with Gasteiger partial charge in [0.15, 0.2) is 0 Å². The number of hydrogen-bond donors (Lipinski definition) is 3. The third kappa shape index (κ3) is 9.19. The van der Waals surface area contributed by atoms with Crippen molar-refractivity contribution in [1.82, 2.24) is 25.2 Å². The molecule has 0 radical (unpaired) electrons. The van der Waals surface area contributed by atoms with E-state index in [0.29, 0.717) is 40.9 Å². The summed E-state index contributed by atoms with van der Waals surface area (Å²) in [4.78, 5) is 63.0. The van der Waals surface area contributed by atoms with Crippen molar-refractivity contribution in [2.75, 3.05) is 27.4 Å². The molecule has 1 saturated heterocycles. The van der Waals surface area contributed by atoms with Gasteiger partial charge in [0.2, 0.25) is 27.7 Å². The number of nitrogens with one attached hydrogen (secondary N) is 3. The molecule has 3 aromatic carbocycles. The number of ether oxygens (including phenoxy) is 3. The van der Waals surface area contributed by atoms with E-state index in [1.165, 1.54) is 18.1 Å². The molecule has 3 fully saturated rings. The van der Waals surface area contributed by atoms with Crippen molar-refractivity contribution in [2.45, 2.75) is 87.8 Å². The molecule has 2 heterocycles. The SMILES string of the molecule is C=C[C@@H]1C[C@]1(NC(=O)[C@@H]1C[C@@H](Oc2cc(-c3ccccc3)nc3cc(OC)ccc23)CN1C(=O)[C@@H](NC(=O)CCOC)C(C)(C)C)C(=O)NS(=O)(=O)C1(Cc2ccccc2)CC1. The Bertz CT molecular complexity index is 2450. The number of fused-ring (bicyclic) bond motifs is 1. The number of carbonyl (C=O) groups excluding carboxylic acids is 4. The van der Waals surface area contributed by atoms with Crippen LogP contribution in [-0.2, 0) is 40.4 Å². The number of benzene rings is 3. The Hall–Kier alpha value is -5.80. The van der Waals surface area contributed by atoms with Gasteiger partial charge < -0.3 is 29.7 Å². The third-order valence-electron chi connectivity index (χ3n) is 12.2. The molecule has 328 valence electrons. The van der Waals surface area contributed by atoms with Gasteiger partial charge in [-0.3, -0.25) is 23.9 Å². The molecule has 15 heteroatoms. The summed E-state index contributed by atoms with van der Waals surface area (Å²) in [6, 6.07) is 23.9. The number of amides is 4. The molecule has 3 N–H and O–H groups in total. The molecule has 5 atom stereocenters. The number of nitrogens with zero attached hydrogens (tertiary/aromatic N) is 2. The van der Waals surface area contributed by atoms with E-state index in [9.17, 15) is 27.6 Å². The maximum Gasteiger partial charge on any atom is 0.259 e. The van der Waals surface area contributed by atoms with Crippen molar-refractivity contribution in [2.24, 2.45) is 11.3 Å². The second-order valence-corrected chi connectivity index (χ2v) is 19.7. The molecule has 7 rings (SSSR count). The van der Waals surface area contributed by atoms with Crippen molar-refractivity contribution in [3.05, 3.63) is 103 Å². The van der Waals surface area contributed by atoms with E-state index < -0.39 is 73.5 Å². The molecule has 0 bridgehead atoms. The van der Waals surface area contributed by atoms with Crippen LogP contribution in [0.3, 0.4) is 0 Å². The maximum absolute atomic E-state index is 14.8. The zero-order chi connectivity index (χ0) is 44.5. The van der Waals surface area contributed by atoms with E-state index >= 15 is 0 Å². The van der Waals surface area contributed by atoms with Gasteiger partial charge in [-0.25, -0.2) is 13.4 Å². The second kappa shape index (κ2) is 17.5. The van der Waals surface area contributed by atoms with Crippen LogP contribution in [0.1, 0.15) is 58.4 Å². The summed E-state index contributed by atoms with van der Waals surface area (Å²) < 4.78 is 46.3. The third-order valence-corrected chi connectivity index (χ3v) is 14.3. The second-order valence-electron chi connectivity index (χ2n) is 17.6. The lowest BCUT2D eigenvalue weighted by atomic mass is 9.85. The Morgan fingerprint density at radius 1 is 0.984 bits per heavy atom. The maximum atomic E-state index is 14.8. The number of rotatable bonds is 17. The van der Waals surface area contributed by atoms with Crippen molar-refractivity contribution < 1.29 is 41.8 Å². The van der Waals surface area contributed by atoms with Gasteiger partial charge in [0, 0.05) is 49.0 Å². The average molecular weight is 866 g/mol. The van der Waals surface area contributed by atoms with Gasteiger partial charge in [0.25, 0.3) is 5.91 Å². The summed E-state index contributed by atoms with van der Waals surface area (Å²) >= 11 is 0. The predicted molar refractivity (Wildman–Crippen MR) is 234 cm³/mol. The Kier molecular flexibility index (Phi) is 12.5. The molecule has 4 aromatic rings. The molecular weight excluding hydrogens is 811 g/mol. The highest BCUT2D eigenvalue weighted by Crippen LogP contribution is 2.49. The van der Waals surface area contributed by atoms with Crippen molar-refractivity contribution in [3.63, 3.8) is 0 Å². The fraction of sp³-hybridized carbons (Fsp3) is 0.426. The first-order valence-electron chi connectivity index (χ1n) is 20.9. The normalized spacial score (nSPS) is 22.0. The van der Waals surface area contributed by atoms with E-state index in [-0.39, 0.29) is 38.8 Å². The van der Waals surface area contributed by atoms with Crippen molar-refractivity contribution in [1.29, 1.82) is 0 Å². The number of hydrogen-bond acceptors (Lipinski definition) is 10. The highest BCUT2D eigenvalue weighted by Gasteiger charge is 2.63. The van der Waals surface area contributed by atoms with Crippen LogP contribution in [-0.4, -0.2) is 97.8 Å². The summed E-state index contributed by atoms with van der Waals surface area (Å²) in [5.41, 5.74) is 0.518. The summed E-state index contributed by atoms with van der Waals surface area (Å²) in [6.07, 6.45) is 1.96. The molecule has 1 aromatic heterocycles. The number of carbonyl (C=O) groups is 4. The number of likely N-dealkylation sites (tertiary alicyclic amines) is 1. The van der Waals surface area contributed by atoms with Crippen LogP contribution in [0.15, 0.2) is 97.6 Å². The molecule has 2 saturated carbocycles. The highest BCUT2D eigenvalue weighted by molar-refractivity contribution is 7.91. The number of pyridine rings is 1. The van der Waals surface area contributed by atoms with Crippen LogP contribution in [0, 0.1) is 11.3 Å². The summed E-state index contributed by atoms with van der Waals surface area (Å²) in [5.74, 6) is -1.94. The van der Waals surface area contributed by atoms with E-state index in [0.717, 1.165) is 11.1 Å². The van der Waals surface area contributed by atoms with Gasteiger partial charge in [0.1, 0.15) is 35.2 Å². The zero-order valence-corrected chi connectivity index (χ0v) is 36.6. The summed E-state index contributed by atoms with van der Waals surface area (Å²) in [5, 5.41) is 6.42. The van der Waals surface area contributed by atoms with Gasteiger partial charge in [-0.2, -0.15) is 0 Å². The van der Waals surface area contributed by atoms with E-state index in [1.54, 1.807) is 19.2 Å². The Morgan fingerprint density at radius 2 is 1.68 bits per heavy atom. The molecule has 0 spiro atoms. The first-order valence-corrected chi connectivity index (χ1v) is 22.4. The fourth-order valence-electron chi connectivity index (χ4n) is 8.26. The first kappa shape index (κ1) is 44.3. The smallest absolute Gasteiger partial charge is 0.259 e. The standard InChI is InChI=1S/C47H55N5O9S/c1-7-32-28-47(32,44(56)51-62(57,58)46(21-22-46)27-30-14-10-8-11-15-30)50-42(54)38-25-34(29-52(38)43(55)41(45(2,3)4)49-40(53)20-23-59-5)61-39-26-36(31-16-12-9-13-17-31)48-37-24-33(60-6)18-19-35(37)39/h7-19,24,26,32,34,38,41H,1,20-23,25,27-29H2,2-6H3,(H,49,53)(H,50,54)(H,51,56)/t32-,34-,38+,41-,47-/m1/s1. The van der Waals surface area contributed by atoms with Crippen LogP contribution in [0.2, 0.25) is 0 Å². The molecule has 2 aliphatic carbocycles. The lowest BCUT2D eigenvalue weighted by Crippen LogP contribution is -2.60. The Balaban J connectivity index is 1.19. The highest BCUT2D eigenvalue weighted by atomic mass is 32.2. The van der Waals surface area contributed by atoms with Crippen LogP contribution in [0.5, 0.6) is 11.5 Å². The Morgan fingerprint density at radius 3 is 2.29 bits per heavy atom. The minimum atomic E-state index is -4.17. The zero-order valence-electron chi connectivity index (χ0n) is 35.8. The van der Waals surface area contributed by atoms with Crippen LogP contribution >= 0.6 is 0 Å². The Labute approximate surface area is 362 Å². The number of sulfonamides is 1. The van der Waals surface area contributed by atoms with E-state index in [2.05, 4.69) is 21.9 Å². The van der Waals surface area contributed by atoms with E-state index in [1.807, 2.05) is 93.6 Å². The van der Waals surface area contributed by atoms with Crippen molar-refractivity contribution >= 4 is 44.6 Å². The first-order chi connectivity index (χ1) is 29.5. The summed E-state index contributed by atoms with van der Waals surface area (Å²) in [6.45, 7) is 9.41. The van der Waals surface area contributed by atoms with Gasteiger partial charge >= 0.3 is 0 Å². The monoisotopic (exact) mass is 865 g/mol. The van der Waals surface area contributed by atoms with Crippen LogP contribution in [0.25, 0.3) is 22.2 Å².